The third-order valence-electron chi connectivity index (χ3n) is 5.42. The van der Waals surface area contributed by atoms with E-state index in [1.165, 1.54) is 11.3 Å². The first-order chi connectivity index (χ1) is 16.1. The molecule has 2 aliphatic heterocycles. The number of nitrogens with zero attached hydrogens (tertiary/aromatic N) is 2. The van der Waals surface area contributed by atoms with Gasteiger partial charge in [0, 0.05) is 4.88 Å². The van der Waals surface area contributed by atoms with E-state index in [4.69, 9.17) is 19.2 Å². The summed E-state index contributed by atoms with van der Waals surface area (Å²) in [6.07, 6.45) is 3.28. The highest BCUT2D eigenvalue weighted by Crippen LogP contribution is 2.38. The molecule has 2 aromatic heterocycles. The van der Waals surface area contributed by atoms with Gasteiger partial charge >= 0.3 is 5.97 Å². The van der Waals surface area contributed by atoms with E-state index in [1.54, 1.807) is 28.9 Å². The molecule has 0 saturated carbocycles. The van der Waals surface area contributed by atoms with Gasteiger partial charge in [-0.1, -0.05) is 36.8 Å². The van der Waals surface area contributed by atoms with Crippen LogP contribution in [0.4, 0.5) is 0 Å². The lowest BCUT2D eigenvalue weighted by atomic mass is 9.94. The molecule has 3 aromatic rings. The minimum atomic E-state index is -0.665. The Morgan fingerprint density at radius 2 is 2.12 bits per heavy atom. The van der Waals surface area contributed by atoms with Crippen molar-refractivity contribution in [3.63, 3.8) is 0 Å². The van der Waals surface area contributed by atoms with Crippen molar-refractivity contribution in [3.8, 4) is 11.5 Å². The fourth-order valence-corrected chi connectivity index (χ4v) is 5.76. The van der Waals surface area contributed by atoms with E-state index >= 15 is 0 Å². The van der Waals surface area contributed by atoms with Gasteiger partial charge < -0.3 is 14.2 Å². The summed E-state index contributed by atoms with van der Waals surface area (Å²) in [6.45, 7) is 4.18. The summed E-state index contributed by atoms with van der Waals surface area (Å²) in [5.74, 6) is 0.768. The van der Waals surface area contributed by atoms with Gasteiger partial charge in [0.25, 0.3) is 5.56 Å². The lowest BCUT2D eigenvalue weighted by molar-refractivity contribution is -0.139. The summed E-state index contributed by atoms with van der Waals surface area (Å²) >= 11 is 2.89. The van der Waals surface area contributed by atoms with Crippen molar-refractivity contribution in [1.82, 2.24) is 4.57 Å². The van der Waals surface area contributed by atoms with E-state index in [1.807, 2.05) is 42.6 Å². The van der Waals surface area contributed by atoms with Gasteiger partial charge in [-0.25, -0.2) is 9.79 Å². The van der Waals surface area contributed by atoms with Crippen LogP contribution in [-0.4, -0.2) is 23.9 Å². The van der Waals surface area contributed by atoms with Crippen LogP contribution in [0, 0.1) is 0 Å². The van der Waals surface area contributed by atoms with Gasteiger partial charge in [0.05, 0.1) is 28.5 Å². The van der Waals surface area contributed by atoms with Crippen LogP contribution in [0.1, 0.15) is 43.2 Å². The molecular weight excluding hydrogens is 460 g/mol. The van der Waals surface area contributed by atoms with Crippen LogP contribution in [-0.2, 0) is 9.53 Å². The Kier molecular flexibility index (Phi) is 5.90. The molecule has 0 spiro atoms. The number of benzene rings is 1. The molecule has 1 unspecified atom stereocenters. The third kappa shape index (κ3) is 3.91. The van der Waals surface area contributed by atoms with Crippen LogP contribution >= 0.6 is 22.7 Å². The normalized spacial score (nSPS) is 17.2. The summed E-state index contributed by atoms with van der Waals surface area (Å²) in [6, 6.07) is 8.75. The third-order valence-corrected chi connectivity index (χ3v) is 7.22. The molecule has 4 heterocycles. The molecule has 5 rings (SSSR count). The predicted molar refractivity (Wildman–Crippen MR) is 127 cm³/mol. The van der Waals surface area contributed by atoms with Crippen molar-refractivity contribution < 1.29 is 19.0 Å². The number of allylic oxidation sites excluding steroid dienone is 1. The lowest BCUT2D eigenvalue weighted by Gasteiger charge is -2.25. The fourth-order valence-electron chi connectivity index (χ4n) is 4.02. The number of fused-ring (bicyclic) bond motifs is 2. The molecule has 0 fully saturated rings. The van der Waals surface area contributed by atoms with Gasteiger partial charge in [-0.3, -0.25) is 9.36 Å². The number of hydrogen-bond donors (Lipinski definition) is 0. The number of thiophene rings is 1. The number of aromatic nitrogens is 1. The fraction of sp³-hybridized carbons (Fsp3) is 0.292. The molecular formula is C24H22N2O5S2. The van der Waals surface area contributed by atoms with Crippen molar-refractivity contribution in [2.75, 3.05) is 13.4 Å². The zero-order valence-corrected chi connectivity index (χ0v) is 19.8. The van der Waals surface area contributed by atoms with E-state index in [0.29, 0.717) is 38.5 Å². The Hall–Kier alpha value is -3.17. The predicted octanol–water partition coefficient (Wildman–Crippen LogP) is 3.37. The van der Waals surface area contributed by atoms with E-state index in [0.717, 1.165) is 16.9 Å². The molecule has 0 N–H and O–H groups in total. The molecule has 33 heavy (non-hydrogen) atoms. The molecule has 7 nitrogen and oxygen atoms in total. The standard InChI is InChI=1S/C24H22N2O5S2/c1-3-6-16-20(23(28)29-4-2)21(14-8-9-17-18(11-14)31-13-30-17)26-22(27)19(33-24(26)25-16)12-15-7-5-10-32-15/h5,7-12,21H,3-4,6,13H2,1-2H3/b19-12-. The molecule has 0 aliphatic carbocycles. The van der Waals surface area contributed by atoms with Gasteiger partial charge in [-0.2, -0.15) is 0 Å². The number of carbonyl (C=O) groups excluding carboxylic acids is 1. The van der Waals surface area contributed by atoms with Crippen LogP contribution in [0.2, 0.25) is 0 Å². The van der Waals surface area contributed by atoms with Crippen LogP contribution in [0.15, 0.2) is 56.8 Å². The molecule has 2 aliphatic rings. The van der Waals surface area contributed by atoms with E-state index in [9.17, 15) is 9.59 Å². The first-order valence-corrected chi connectivity index (χ1v) is 12.4. The molecule has 0 radical (unpaired) electrons. The number of rotatable bonds is 6. The zero-order valence-electron chi connectivity index (χ0n) is 18.2. The molecule has 170 valence electrons. The van der Waals surface area contributed by atoms with Gasteiger partial charge in [0.15, 0.2) is 16.3 Å². The van der Waals surface area contributed by atoms with Gasteiger partial charge in [-0.05, 0) is 48.6 Å². The molecule has 0 bridgehead atoms. The van der Waals surface area contributed by atoms with E-state index < -0.39 is 12.0 Å². The van der Waals surface area contributed by atoms with Crippen molar-refractivity contribution in [3.05, 3.63) is 77.1 Å². The highest BCUT2D eigenvalue weighted by Gasteiger charge is 2.35. The second kappa shape index (κ2) is 8.99. The van der Waals surface area contributed by atoms with Crippen LogP contribution in [0.3, 0.4) is 0 Å². The maximum Gasteiger partial charge on any atom is 0.338 e. The lowest BCUT2D eigenvalue weighted by Crippen LogP contribution is -2.40. The van der Waals surface area contributed by atoms with Crippen molar-refractivity contribution >= 4 is 34.7 Å². The summed E-state index contributed by atoms with van der Waals surface area (Å²) in [5.41, 5.74) is 1.61. The maximum absolute atomic E-state index is 13.6. The number of thiazole rings is 1. The van der Waals surface area contributed by atoms with Gasteiger partial charge in [-0.15, -0.1) is 11.3 Å². The van der Waals surface area contributed by atoms with Crippen LogP contribution < -0.4 is 24.4 Å². The zero-order chi connectivity index (χ0) is 22.9. The second-order valence-corrected chi connectivity index (χ2v) is 9.53. The monoisotopic (exact) mass is 482 g/mol. The first kappa shape index (κ1) is 21.7. The molecule has 0 saturated heterocycles. The van der Waals surface area contributed by atoms with E-state index in [-0.39, 0.29) is 19.0 Å². The Labute approximate surface area is 197 Å². The summed E-state index contributed by atoms with van der Waals surface area (Å²) in [4.78, 5) is 33.1. The summed E-state index contributed by atoms with van der Waals surface area (Å²) < 4.78 is 18.6. The molecule has 0 amide bonds. The Balaban J connectivity index is 1.77. The Morgan fingerprint density at radius 1 is 1.27 bits per heavy atom. The Morgan fingerprint density at radius 3 is 2.88 bits per heavy atom. The van der Waals surface area contributed by atoms with Gasteiger partial charge in [0.1, 0.15) is 0 Å². The average Bonchev–Trinajstić information content (AvgIpc) is 3.54. The minimum Gasteiger partial charge on any atom is -0.463 e. The Bertz CT molecular complexity index is 1420. The van der Waals surface area contributed by atoms with Gasteiger partial charge in [0.2, 0.25) is 6.79 Å². The smallest absolute Gasteiger partial charge is 0.338 e. The van der Waals surface area contributed by atoms with E-state index in [2.05, 4.69) is 0 Å². The largest absolute Gasteiger partial charge is 0.463 e. The minimum absolute atomic E-state index is 0.143. The quantitative estimate of drug-likeness (QED) is 0.504. The highest BCUT2D eigenvalue weighted by molar-refractivity contribution is 7.11. The van der Waals surface area contributed by atoms with Crippen molar-refractivity contribution in [2.45, 2.75) is 32.7 Å². The van der Waals surface area contributed by atoms with Crippen molar-refractivity contribution in [1.29, 1.82) is 0 Å². The molecule has 1 aromatic carbocycles. The van der Waals surface area contributed by atoms with Crippen LogP contribution in [0.25, 0.3) is 6.08 Å². The number of esters is 1. The number of hydrogen-bond acceptors (Lipinski definition) is 8. The molecule has 9 heteroatoms. The first-order valence-electron chi connectivity index (χ1n) is 10.8. The SMILES string of the molecule is CCCC1=C(C(=O)OCC)C(c2ccc3c(c2)OCO3)n2c(s/c(=C\c3cccs3)c2=O)=N1. The van der Waals surface area contributed by atoms with Crippen LogP contribution in [0.5, 0.6) is 11.5 Å². The summed E-state index contributed by atoms with van der Waals surface area (Å²) in [5, 5.41) is 1.97. The van der Waals surface area contributed by atoms with Crippen molar-refractivity contribution in [2.24, 2.45) is 4.99 Å². The highest BCUT2D eigenvalue weighted by atomic mass is 32.1. The maximum atomic E-state index is 13.6. The molecule has 1 atom stereocenters. The average molecular weight is 483 g/mol. The number of carbonyl (C=O) groups is 1. The second-order valence-electron chi connectivity index (χ2n) is 7.54. The number of ether oxygens (including phenoxy) is 3. The topological polar surface area (TPSA) is 79.1 Å². The summed E-state index contributed by atoms with van der Waals surface area (Å²) in [7, 11) is 0.